The zero-order valence-corrected chi connectivity index (χ0v) is 16.4. The van der Waals surface area contributed by atoms with Crippen LogP contribution in [0.2, 0.25) is 0 Å². The number of amides is 1. The van der Waals surface area contributed by atoms with Gasteiger partial charge in [-0.15, -0.1) is 0 Å². The van der Waals surface area contributed by atoms with Crippen molar-refractivity contribution in [3.63, 3.8) is 0 Å². The average Bonchev–Trinajstić information content (AvgIpc) is 3.09. The minimum absolute atomic E-state index is 0.0389. The second-order valence-electron chi connectivity index (χ2n) is 7.08. The van der Waals surface area contributed by atoms with Crippen molar-refractivity contribution in [2.75, 3.05) is 13.2 Å². The van der Waals surface area contributed by atoms with Crippen LogP contribution < -0.4 is 5.32 Å². The number of ether oxygens (including phenoxy) is 1. The second kappa shape index (κ2) is 8.63. The Bertz CT molecular complexity index is 1080. The highest BCUT2D eigenvalue weighted by Gasteiger charge is 2.30. The Kier molecular flexibility index (Phi) is 5.75. The van der Waals surface area contributed by atoms with Crippen LogP contribution in [-0.2, 0) is 10.9 Å². The van der Waals surface area contributed by atoms with Gasteiger partial charge in [0.2, 0.25) is 0 Å². The summed E-state index contributed by atoms with van der Waals surface area (Å²) in [6, 6.07) is 17.9. The van der Waals surface area contributed by atoms with Crippen LogP contribution in [0.15, 0.2) is 72.9 Å². The Morgan fingerprint density at radius 3 is 2.32 bits per heavy atom. The van der Waals surface area contributed by atoms with Gasteiger partial charge in [0.05, 0.1) is 11.3 Å². The molecule has 1 aromatic heterocycles. The highest BCUT2D eigenvalue weighted by Crippen LogP contribution is 2.44. The number of pyridine rings is 1. The van der Waals surface area contributed by atoms with Crippen molar-refractivity contribution in [2.24, 2.45) is 0 Å². The number of benzene rings is 2. The molecule has 0 unspecified atom stereocenters. The molecule has 0 atom stereocenters. The summed E-state index contributed by atoms with van der Waals surface area (Å²) < 4.78 is 43.6. The molecule has 0 radical (unpaired) electrons. The summed E-state index contributed by atoms with van der Waals surface area (Å²) in [7, 11) is 0. The molecule has 31 heavy (non-hydrogen) atoms. The smallest absolute Gasteiger partial charge is 0.416 e. The number of hydrogen-bond donors (Lipinski definition) is 1. The van der Waals surface area contributed by atoms with Crippen molar-refractivity contribution >= 4 is 12.2 Å². The van der Waals surface area contributed by atoms with Crippen LogP contribution in [0.3, 0.4) is 0 Å². The second-order valence-corrected chi connectivity index (χ2v) is 7.08. The van der Waals surface area contributed by atoms with Crippen LogP contribution >= 0.6 is 0 Å². The SMILES string of the molecule is O=C(NCC=Cc1cc(C(F)(F)F)ccn1)OCC1c2ccccc2-c2ccccc21. The van der Waals surface area contributed by atoms with Gasteiger partial charge in [0.15, 0.2) is 0 Å². The molecule has 0 aliphatic heterocycles. The molecule has 2 aromatic carbocycles. The minimum Gasteiger partial charge on any atom is -0.449 e. The Morgan fingerprint density at radius 1 is 1.03 bits per heavy atom. The van der Waals surface area contributed by atoms with Crippen molar-refractivity contribution in [2.45, 2.75) is 12.1 Å². The first-order valence-electron chi connectivity index (χ1n) is 9.72. The summed E-state index contributed by atoms with van der Waals surface area (Å²) in [6.07, 6.45) is -0.987. The number of nitrogens with zero attached hydrogens (tertiary/aromatic N) is 1. The van der Waals surface area contributed by atoms with Crippen LogP contribution in [-0.4, -0.2) is 24.2 Å². The molecule has 1 amide bonds. The molecule has 0 bridgehead atoms. The van der Waals surface area contributed by atoms with Crippen LogP contribution in [0.4, 0.5) is 18.0 Å². The van der Waals surface area contributed by atoms with Crippen molar-refractivity contribution in [1.29, 1.82) is 0 Å². The number of alkyl carbamates (subject to hydrolysis) is 1. The van der Waals surface area contributed by atoms with Crippen molar-refractivity contribution in [1.82, 2.24) is 10.3 Å². The summed E-state index contributed by atoms with van der Waals surface area (Å²) in [5, 5.41) is 2.57. The van der Waals surface area contributed by atoms with Gasteiger partial charge in [-0.2, -0.15) is 13.2 Å². The number of halogens is 3. The summed E-state index contributed by atoms with van der Waals surface area (Å²) >= 11 is 0. The topological polar surface area (TPSA) is 51.2 Å². The molecular weight excluding hydrogens is 405 g/mol. The first-order valence-corrected chi connectivity index (χ1v) is 9.72. The molecule has 1 N–H and O–H groups in total. The Hall–Kier alpha value is -3.61. The van der Waals surface area contributed by atoms with Crippen LogP contribution in [0.1, 0.15) is 28.3 Å². The van der Waals surface area contributed by atoms with Crippen molar-refractivity contribution < 1.29 is 22.7 Å². The number of carbonyl (C=O) groups is 1. The third kappa shape index (κ3) is 4.60. The standard InChI is InChI=1S/C24H19F3N2O2/c25-24(26,27)16-11-13-28-17(14-16)6-5-12-29-23(30)31-15-22-20-9-3-1-7-18(20)19-8-2-4-10-21(19)22/h1-11,13-14,22H,12,15H2,(H,29,30). The minimum atomic E-state index is -4.43. The van der Waals surface area contributed by atoms with Gasteiger partial charge in [0.25, 0.3) is 0 Å². The van der Waals surface area contributed by atoms with Gasteiger partial charge in [0, 0.05) is 18.7 Å². The van der Waals surface area contributed by atoms with Gasteiger partial charge in [-0.1, -0.05) is 54.6 Å². The summed E-state index contributed by atoms with van der Waals surface area (Å²) in [5.41, 5.74) is 3.90. The quantitative estimate of drug-likeness (QED) is 0.576. The van der Waals surface area contributed by atoms with E-state index < -0.39 is 17.8 Å². The van der Waals surface area contributed by atoms with Gasteiger partial charge < -0.3 is 10.1 Å². The molecular formula is C24H19F3N2O2. The number of aromatic nitrogens is 1. The molecule has 1 aliphatic rings. The van der Waals surface area contributed by atoms with Gasteiger partial charge in [0.1, 0.15) is 6.61 Å². The lowest BCUT2D eigenvalue weighted by Gasteiger charge is -2.14. The van der Waals surface area contributed by atoms with E-state index in [0.717, 1.165) is 40.6 Å². The lowest BCUT2D eigenvalue weighted by Crippen LogP contribution is -2.26. The maximum atomic E-state index is 12.7. The molecule has 0 spiro atoms. The van der Waals surface area contributed by atoms with E-state index in [4.69, 9.17) is 4.74 Å². The maximum Gasteiger partial charge on any atom is 0.416 e. The normalized spacial score (nSPS) is 13.1. The number of carbonyl (C=O) groups excluding carboxylic acids is 1. The largest absolute Gasteiger partial charge is 0.449 e. The molecule has 4 nitrogen and oxygen atoms in total. The number of alkyl halides is 3. The molecule has 0 saturated carbocycles. The van der Waals surface area contributed by atoms with E-state index in [1.54, 1.807) is 0 Å². The van der Waals surface area contributed by atoms with Crippen molar-refractivity contribution in [3.8, 4) is 11.1 Å². The van der Waals surface area contributed by atoms with Crippen LogP contribution in [0.5, 0.6) is 0 Å². The number of hydrogen-bond acceptors (Lipinski definition) is 3. The Labute approximate surface area is 177 Å². The van der Waals surface area contributed by atoms with E-state index in [-0.39, 0.29) is 24.8 Å². The Balaban J connectivity index is 1.32. The monoisotopic (exact) mass is 424 g/mol. The summed E-state index contributed by atoms with van der Waals surface area (Å²) in [4.78, 5) is 16.0. The molecule has 7 heteroatoms. The fraction of sp³-hybridized carbons (Fsp3) is 0.167. The fourth-order valence-corrected chi connectivity index (χ4v) is 3.69. The van der Waals surface area contributed by atoms with Gasteiger partial charge in [-0.25, -0.2) is 4.79 Å². The van der Waals surface area contributed by atoms with Gasteiger partial charge in [-0.05, 0) is 40.5 Å². The maximum absolute atomic E-state index is 12.7. The first-order chi connectivity index (χ1) is 14.9. The predicted octanol–water partition coefficient (Wildman–Crippen LogP) is 5.65. The average molecular weight is 424 g/mol. The zero-order valence-electron chi connectivity index (χ0n) is 16.4. The molecule has 1 aliphatic carbocycles. The van der Waals surface area contributed by atoms with E-state index in [1.807, 2.05) is 36.4 Å². The molecule has 0 saturated heterocycles. The molecule has 1 heterocycles. The van der Waals surface area contributed by atoms with Gasteiger partial charge in [-0.3, -0.25) is 4.98 Å². The van der Waals surface area contributed by atoms with E-state index >= 15 is 0 Å². The zero-order chi connectivity index (χ0) is 21.8. The van der Waals surface area contributed by atoms with Crippen molar-refractivity contribution in [3.05, 3.63) is 95.3 Å². The summed E-state index contributed by atoms with van der Waals surface area (Å²) in [5.74, 6) is -0.0389. The lowest BCUT2D eigenvalue weighted by molar-refractivity contribution is -0.137. The molecule has 4 rings (SSSR count). The number of nitrogens with one attached hydrogen (secondary N) is 1. The Morgan fingerprint density at radius 2 is 1.68 bits per heavy atom. The van der Waals surface area contributed by atoms with Crippen LogP contribution in [0.25, 0.3) is 17.2 Å². The first kappa shape index (κ1) is 20.7. The van der Waals surface area contributed by atoms with E-state index in [2.05, 4.69) is 22.4 Å². The third-order valence-corrected chi connectivity index (χ3v) is 5.10. The third-order valence-electron chi connectivity index (χ3n) is 5.10. The fourth-order valence-electron chi connectivity index (χ4n) is 3.69. The highest BCUT2D eigenvalue weighted by molar-refractivity contribution is 5.79. The van der Waals surface area contributed by atoms with E-state index in [1.165, 1.54) is 12.2 Å². The molecule has 0 fully saturated rings. The number of fused-ring (bicyclic) bond motifs is 3. The summed E-state index contributed by atoms with van der Waals surface area (Å²) in [6.45, 7) is 0.299. The van der Waals surface area contributed by atoms with E-state index in [0.29, 0.717) is 0 Å². The highest BCUT2D eigenvalue weighted by atomic mass is 19.4. The lowest BCUT2D eigenvalue weighted by atomic mass is 9.98. The van der Waals surface area contributed by atoms with E-state index in [9.17, 15) is 18.0 Å². The van der Waals surface area contributed by atoms with Crippen LogP contribution in [0, 0.1) is 0 Å². The predicted molar refractivity (Wildman–Crippen MR) is 111 cm³/mol. The molecule has 158 valence electrons. The number of rotatable bonds is 5. The van der Waals surface area contributed by atoms with Gasteiger partial charge >= 0.3 is 12.3 Å². The molecule has 3 aromatic rings.